The Balaban J connectivity index is 1.55. The lowest BCUT2D eigenvalue weighted by Crippen LogP contribution is -2.58. The predicted molar refractivity (Wildman–Crippen MR) is 128 cm³/mol. The molecule has 0 spiro atoms. The molecule has 0 bridgehead atoms. The zero-order valence-corrected chi connectivity index (χ0v) is 20.8. The van der Waals surface area contributed by atoms with Crippen molar-refractivity contribution in [1.29, 1.82) is 0 Å². The molecule has 1 aromatic carbocycles. The molecule has 2 aliphatic heterocycles. The molecule has 2 atom stereocenters. The van der Waals surface area contributed by atoms with Crippen LogP contribution in [0.15, 0.2) is 46.0 Å². The van der Waals surface area contributed by atoms with E-state index in [0.29, 0.717) is 36.2 Å². The van der Waals surface area contributed by atoms with E-state index in [9.17, 15) is 26.7 Å². The van der Waals surface area contributed by atoms with Crippen LogP contribution in [-0.4, -0.2) is 82.4 Å². The Morgan fingerprint density at radius 3 is 2.49 bits per heavy atom. The number of hydrogen-bond donors (Lipinski definition) is 2. The summed E-state index contributed by atoms with van der Waals surface area (Å²) in [7, 11) is -3.62. The van der Waals surface area contributed by atoms with E-state index in [2.05, 4.69) is 5.32 Å². The van der Waals surface area contributed by atoms with Crippen LogP contribution in [0.2, 0.25) is 0 Å². The molecule has 12 heteroatoms. The number of alkyl halides is 3. The molecule has 0 aliphatic carbocycles. The van der Waals surface area contributed by atoms with Crippen LogP contribution in [0.25, 0.3) is 0 Å². The number of nitrogens with zero attached hydrogens (tertiary/aromatic N) is 2. The second kappa shape index (κ2) is 11.1. The zero-order chi connectivity index (χ0) is 25.1. The molecule has 194 valence electrons. The minimum atomic E-state index is -3.62. The highest BCUT2D eigenvalue weighted by Crippen LogP contribution is 2.32. The molecular weight excluding hydrogens is 503 g/mol. The maximum absolute atomic E-state index is 13.3. The first-order valence-corrected chi connectivity index (χ1v) is 13.9. The highest BCUT2D eigenvalue weighted by molar-refractivity contribution is 7.91. The second-order valence-electron chi connectivity index (χ2n) is 8.84. The SMILES string of the molecule is O=S(=O)(c1cccs1)N1CCN(c2ccc(C(O)(CF)C(F)F)cc2)[C@@H](CNC2CCOCC2)C1. The summed E-state index contributed by atoms with van der Waals surface area (Å²) < 4.78 is 73.2. The summed E-state index contributed by atoms with van der Waals surface area (Å²) in [5.41, 5.74) is -2.36. The highest BCUT2D eigenvalue weighted by Gasteiger charge is 2.40. The molecule has 3 heterocycles. The molecule has 0 saturated carbocycles. The van der Waals surface area contributed by atoms with Crippen molar-refractivity contribution in [3.63, 3.8) is 0 Å². The molecule has 2 N–H and O–H groups in total. The van der Waals surface area contributed by atoms with Gasteiger partial charge in [-0.2, -0.15) is 4.31 Å². The first-order valence-electron chi connectivity index (χ1n) is 11.5. The quantitative estimate of drug-likeness (QED) is 0.516. The third kappa shape index (κ3) is 5.67. The Hall–Kier alpha value is -1.70. The molecule has 1 unspecified atom stereocenters. The molecule has 1 aromatic heterocycles. The number of anilines is 1. The third-order valence-electron chi connectivity index (χ3n) is 6.66. The lowest BCUT2D eigenvalue weighted by molar-refractivity contribution is -0.114. The van der Waals surface area contributed by atoms with Crippen molar-refractivity contribution < 1.29 is 31.4 Å². The number of benzene rings is 1. The molecule has 2 saturated heterocycles. The van der Waals surface area contributed by atoms with Crippen LogP contribution in [0.5, 0.6) is 0 Å². The normalized spacial score (nSPS) is 22.4. The summed E-state index contributed by atoms with van der Waals surface area (Å²) >= 11 is 1.18. The van der Waals surface area contributed by atoms with E-state index in [0.717, 1.165) is 12.8 Å². The Morgan fingerprint density at radius 1 is 1.17 bits per heavy atom. The average molecular weight is 534 g/mol. The Morgan fingerprint density at radius 2 is 1.89 bits per heavy atom. The first-order chi connectivity index (χ1) is 16.8. The minimum absolute atomic E-state index is 0.200. The maximum Gasteiger partial charge on any atom is 0.273 e. The largest absolute Gasteiger partial charge is 0.381 e. The molecule has 0 amide bonds. The summed E-state index contributed by atoms with van der Waals surface area (Å²) in [5, 5.41) is 15.3. The fraction of sp³-hybridized carbons (Fsp3) is 0.565. The van der Waals surface area contributed by atoms with Crippen LogP contribution in [0.1, 0.15) is 18.4 Å². The third-order valence-corrected chi connectivity index (χ3v) is 9.90. The van der Waals surface area contributed by atoms with Crippen LogP contribution in [0.4, 0.5) is 18.9 Å². The van der Waals surface area contributed by atoms with Gasteiger partial charge in [0.1, 0.15) is 10.9 Å². The van der Waals surface area contributed by atoms with Gasteiger partial charge in [0.05, 0.1) is 6.04 Å². The number of sulfonamides is 1. The molecule has 2 aliphatic rings. The van der Waals surface area contributed by atoms with Gasteiger partial charge in [-0.25, -0.2) is 21.6 Å². The van der Waals surface area contributed by atoms with Crippen molar-refractivity contribution in [1.82, 2.24) is 9.62 Å². The van der Waals surface area contributed by atoms with E-state index in [-0.39, 0.29) is 30.7 Å². The van der Waals surface area contributed by atoms with Gasteiger partial charge in [0, 0.05) is 51.1 Å². The van der Waals surface area contributed by atoms with Gasteiger partial charge >= 0.3 is 0 Å². The smallest absolute Gasteiger partial charge is 0.273 e. The van der Waals surface area contributed by atoms with E-state index in [1.807, 2.05) is 4.90 Å². The molecule has 0 radical (unpaired) electrons. The number of halogens is 3. The maximum atomic E-state index is 13.3. The van der Waals surface area contributed by atoms with Crippen molar-refractivity contribution in [3.8, 4) is 0 Å². The Labute approximate surface area is 207 Å². The lowest BCUT2D eigenvalue weighted by Gasteiger charge is -2.43. The molecule has 2 aromatic rings. The molecule has 7 nitrogen and oxygen atoms in total. The monoisotopic (exact) mass is 533 g/mol. The van der Waals surface area contributed by atoms with Gasteiger partial charge in [0.25, 0.3) is 16.4 Å². The lowest BCUT2D eigenvalue weighted by atomic mass is 9.95. The standard InChI is InChI=1S/C23H30F3N3O4S2/c24-16-23(30,22(25)26)17-3-5-19(6-4-17)29-10-9-28(35(31,32)21-2-1-13-34-21)15-20(29)14-27-18-7-11-33-12-8-18/h1-6,13,18,20,22,27,30H,7-12,14-16H2/t20-,23?/m0/s1. The van der Waals surface area contributed by atoms with Crippen molar-refractivity contribution in [2.75, 3.05) is 51.0 Å². The van der Waals surface area contributed by atoms with Crippen LogP contribution in [0, 0.1) is 0 Å². The number of nitrogens with one attached hydrogen (secondary N) is 1. The van der Waals surface area contributed by atoms with Gasteiger partial charge < -0.3 is 20.1 Å². The van der Waals surface area contributed by atoms with E-state index >= 15 is 0 Å². The average Bonchev–Trinajstić information content (AvgIpc) is 3.43. The van der Waals surface area contributed by atoms with E-state index < -0.39 is 28.7 Å². The number of piperazine rings is 1. The van der Waals surface area contributed by atoms with Gasteiger partial charge in [-0.05, 0) is 42.0 Å². The first kappa shape index (κ1) is 26.4. The summed E-state index contributed by atoms with van der Waals surface area (Å²) in [4.78, 5) is 2.04. The van der Waals surface area contributed by atoms with Crippen molar-refractivity contribution in [2.45, 2.75) is 41.2 Å². The minimum Gasteiger partial charge on any atom is -0.381 e. The van der Waals surface area contributed by atoms with Crippen molar-refractivity contribution >= 4 is 27.0 Å². The van der Waals surface area contributed by atoms with Crippen LogP contribution >= 0.6 is 11.3 Å². The van der Waals surface area contributed by atoms with Gasteiger partial charge in [-0.1, -0.05) is 18.2 Å². The molecule has 2 fully saturated rings. The zero-order valence-electron chi connectivity index (χ0n) is 19.2. The summed E-state index contributed by atoms with van der Waals surface area (Å²) in [6, 6.07) is 9.10. The Kier molecular flexibility index (Phi) is 8.39. The van der Waals surface area contributed by atoms with Crippen molar-refractivity contribution in [2.24, 2.45) is 0 Å². The van der Waals surface area contributed by atoms with Crippen LogP contribution in [-0.2, 0) is 20.4 Å². The van der Waals surface area contributed by atoms with Gasteiger partial charge in [0.15, 0.2) is 5.60 Å². The molecule has 4 rings (SSSR count). The molecule has 35 heavy (non-hydrogen) atoms. The summed E-state index contributed by atoms with van der Waals surface area (Å²) in [6.45, 7) is 1.19. The van der Waals surface area contributed by atoms with Gasteiger partial charge in [-0.3, -0.25) is 0 Å². The fourth-order valence-corrected chi connectivity index (χ4v) is 7.12. The van der Waals surface area contributed by atoms with E-state index in [1.54, 1.807) is 29.6 Å². The number of rotatable bonds is 9. The van der Waals surface area contributed by atoms with E-state index in [4.69, 9.17) is 4.74 Å². The van der Waals surface area contributed by atoms with Crippen LogP contribution in [0.3, 0.4) is 0 Å². The molecular formula is C23H30F3N3O4S2. The topological polar surface area (TPSA) is 82.1 Å². The number of hydrogen-bond acceptors (Lipinski definition) is 7. The Bertz CT molecular complexity index is 1050. The van der Waals surface area contributed by atoms with Gasteiger partial charge in [-0.15, -0.1) is 11.3 Å². The second-order valence-corrected chi connectivity index (χ2v) is 12.0. The number of aliphatic hydroxyl groups is 1. The summed E-state index contributed by atoms with van der Waals surface area (Å²) in [5.74, 6) is 0. The number of thiophene rings is 1. The van der Waals surface area contributed by atoms with Gasteiger partial charge in [0.2, 0.25) is 0 Å². The summed E-state index contributed by atoms with van der Waals surface area (Å²) in [6.07, 6.45) is -1.52. The number of ether oxygens (including phenoxy) is 1. The highest BCUT2D eigenvalue weighted by atomic mass is 32.2. The van der Waals surface area contributed by atoms with E-state index in [1.165, 1.54) is 27.8 Å². The van der Waals surface area contributed by atoms with Crippen molar-refractivity contribution in [3.05, 3.63) is 47.3 Å². The predicted octanol–water partition coefficient (Wildman–Crippen LogP) is 2.82. The fourth-order valence-electron chi connectivity index (χ4n) is 4.50. The van der Waals surface area contributed by atoms with Crippen LogP contribution < -0.4 is 10.2 Å².